The van der Waals surface area contributed by atoms with Crippen molar-refractivity contribution in [1.82, 2.24) is 4.90 Å². The van der Waals surface area contributed by atoms with Gasteiger partial charge in [-0.2, -0.15) is 0 Å². The Morgan fingerprint density at radius 1 is 1.11 bits per heavy atom. The second kappa shape index (κ2) is 8.16. The third-order valence-corrected chi connectivity index (χ3v) is 4.96. The molecule has 0 aromatic heterocycles. The Kier molecular flexibility index (Phi) is 7.25. The molecule has 2 heteroatoms. The third-order valence-electron chi connectivity index (χ3n) is 4.96. The molecule has 2 N–H and O–H groups in total. The van der Waals surface area contributed by atoms with E-state index in [1.807, 2.05) is 0 Å². The first-order valence-corrected chi connectivity index (χ1v) is 8.20. The molecular weight excluding hydrogens is 220 g/mol. The zero-order valence-corrected chi connectivity index (χ0v) is 12.9. The maximum Gasteiger partial charge on any atom is 0.0359 e. The summed E-state index contributed by atoms with van der Waals surface area (Å²) in [5.74, 6) is 0.830. The summed E-state index contributed by atoms with van der Waals surface area (Å²) >= 11 is 0. The molecule has 108 valence electrons. The highest BCUT2D eigenvalue weighted by atomic mass is 15.2. The lowest BCUT2D eigenvalue weighted by Gasteiger charge is -2.45. The van der Waals surface area contributed by atoms with E-state index in [2.05, 4.69) is 25.7 Å². The first kappa shape index (κ1) is 16.0. The van der Waals surface area contributed by atoms with Crippen molar-refractivity contribution >= 4 is 0 Å². The van der Waals surface area contributed by atoms with E-state index in [9.17, 15) is 0 Å². The van der Waals surface area contributed by atoms with Gasteiger partial charge in [0.05, 0.1) is 0 Å². The molecule has 1 aliphatic rings. The van der Waals surface area contributed by atoms with Gasteiger partial charge in [0.1, 0.15) is 0 Å². The van der Waals surface area contributed by atoms with Crippen LogP contribution < -0.4 is 5.73 Å². The second-order valence-electron chi connectivity index (χ2n) is 6.00. The van der Waals surface area contributed by atoms with Gasteiger partial charge >= 0.3 is 0 Å². The van der Waals surface area contributed by atoms with Crippen LogP contribution in [0.15, 0.2) is 0 Å². The van der Waals surface area contributed by atoms with Gasteiger partial charge < -0.3 is 5.73 Å². The van der Waals surface area contributed by atoms with Crippen LogP contribution >= 0.6 is 0 Å². The molecular formula is C16H34N2. The fraction of sp³-hybridized carbons (Fsp3) is 1.00. The molecule has 0 saturated heterocycles. The van der Waals surface area contributed by atoms with Crippen LogP contribution in [0.5, 0.6) is 0 Å². The fourth-order valence-corrected chi connectivity index (χ4v) is 3.78. The first-order valence-electron chi connectivity index (χ1n) is 8.20. The molecule has 2 unspecified atom stereocenters. The number of nitrogens with two attached hydrogens (primary N) is 1. The van der Waals surface area contributed by atoms with Gasteiger partial charge in [-0.3, -0.25) is 4.90 Å². The van der Waals surface area contributed by atoms with E-state index in [0.29, 0.717) is 5.54 Å². The zero-order valence-electron chi connectivity index (χ0n) is 12.9. The Morgan fingerprint density at radius 3 is 2.17 bits per heavy atom. The monoisotopic (exact) mass is 254 g/mol. The maximum atomic E-state index is 6.24. The minimum atomic E-state index is 0.332. The summed E-state index contributed by atoms with van der Waals surface area (Å²) in [7, 11) is 0. The second-order valence-corrected chi connectivity index (χ2v) is 6.00. The maximum absolute atomic E-state index is 6.24. The summed E-state index contributed by atoms with van der Waals surface area (Å²) < 4.78 is 0. The molecule has 0 heterocycles. The predicted molar refractivity (Wildman–Crippen MR) is 80.8 cm³/mol. The summed E-state index contributed by atoms with van der Waals surface area (Å²) in [5.41, 5.74) is 6.57. The third kappa shape index (κ3) is 3.48. The van der Waals surface area contributed by atoms with Crippen LogP contribution in [0.25, 0.3) is 0 Å². The topological polar surface area (TPSA) is 29.3 Å². The number of nitrogens with zero attached hydrogens (tertiary/aromatic N) is 1. The van der Waals surface area contributed by atoms with Crippen LogP contribution in [0.4, 0.5) is 0 Å². The molecule has 0 aliphatic heterocycles. The van der Waals surface area contributed by atoms with Crippen molar-refractivity contribution in [3.8, 4) is 0 Å². The van der Waals surface area contributed by atoms with Gasteiger partial charge in [-0.25, -0.2) is 0 Å². The van der Waals surface area contributed by atoms with E-state index >= 15 is 0 Å². The predicted octanol–water partition coefficient (Wildman–Crippen LogP) is 3.80. The fourth-order valence-electron chi connectivity index (χ4n) is 3.78. The molecule has 0 aromatic rings. The molecule has 1 rings (SSSR count). The Bertz CT molecular complexity index is 209. The van der Waals surface area contributed by atoms with Gasteiger partial charge in [-0.05, 0) is 44.7 Å². The minimum absolute atomic E-state index is 0.332. The van der Waals surface area contributed by atoms with Crippen LogP contribution in [-0.4, -0.2) is 30.1 Å². The van der Waals surface area contributed by atoms with E-state index in [-0.39, 0.29) is 0 Å². The van der Waals surface area contributed by atoms with Crippen LogP contribution in [0.3, 0.4) is 0 Å². The Hall–Kier alpha value is -0.0800. The van der Waals surface area contributed by atoms with Gasteiger partial charge in [0.2, 0.25) is 0 Å². The lowest BCUT2D eigenvalue weighted by Crippen LogP contribution is -2.56. The van der Waals surface area contributed by atoms with Crippen LogP contribution in [0, 0.1) is 5.92 Å². The van der Waals surface area contributed by atoms with E-state index < -0.39 is 0 Å². The van der Waals surface area contributed by atoms with Gasteiger partial charge in [0.15, 0.2) is 0 Å². The summed E-state index contributed by atoms with van der Waals surface area (Å²) in [6, 6.07) is 0. The number of unbranched alkanes of at least 4 members (excludes halogenated alkanes) is 2. The Morgan fingerprint density at radius 2 is 1.72 bits per heavy atom. The van der Waals surface area contributed by atoms with Crippen molar-refractivity contribution in [1.29, 1.82) is 0 Å². The lowest BCUT2D eigenvalue weighted by atomic mass is 9.83. The lowest BCUT2D eigenvalue weighted by molar-refractivity contribution is 0.0526. The van der Waals surface area contributed by atoms with Crippen molar-refractivity contribution in [2.24, 2.45) is 11.7 Å². The van der Waals surface area contributed by atoms with Crippen LogP contribution in [0.2, 0.25) is 0 Å². The van der Waals surface area contributed by atoms with Gasteiger partial charge in [-0.1, -0.05) is 46.5 Å². The quantitative estimate of drug-likeness (QED) is 0.678. The van der Waals surface area contributed by atoms with Gasteiger partial charge in [0, 0.05) is 12.1 Å². The highest BCUT2D eigenvalue weighted by Gasteiger charge is 2.44. The summed E-state index contributed by atoms with van der Waals surface area (Å²) in [5, 5.41) is 0. The number of rotatable bonds is 9. The number of hydrogen-bond acceptors (Lipinski definition) is 2. The van der Waals surface area contributed by atoms with E-state index in [4.69, 9.17) is 5.73 Å². The SMILES string of the molecule is CCCCN(CCCC)C1(CN)CCCC1CC. The van der Waals surface area contributed by atoms with Crippen LogP contribution in [-0.2, 0) is 0 Å². The summed E-state index contributed by atoms with van der Waals surface area (Å²) in [4.78, 5) is 2.77. The van der Waals surface area contributed by atoms with Crippen molar-refractivity contribution in [2.75, 3.05) is 19.6 Å². The standard InChI is InChI=1S/C16H34N2/c1-4-7-12-18(13-8-5-2)16(14-17)11-9-10-15(16)6-3/h15H,4-14,17H2,1-3H3. The molecule has 0 aromatic carbocycles. The van der Waals surface area contributed by atoms with Gasteiger partial charge in [0.25, 0.3) is 0 Å². The smallest absolute Gasteiger partial charge is 0.0359 e. The molecule has 0 spiro atoms. The number of hydrogen-bond donors (Lipinski definition) is 1. The highest BCUT2D eigenvalue weighted by molar-refractivity contribution is 5.01. The normalized spacial score (nSPS) is 28.2. The van der Waals surface area contributed by atoms with Crippen molar-refractivity contribution < 1.29 is 0 Å². The molecule has 1 saturated carbocycles. The average molecular weight is 254 g/mol. The van der Waals surface area contributed by atoms with Gasteiger partial charge in [-0.15, -0.1) is 0 Å². The van der Waals surface area contributed by atoms with Crippen LogP contribution in [0.1, 0.15) is 72.1 Å². The average Bonchev–Trinajstić information content (AvgIpc) is 2.83. The molecule has 1 fully saturated rings. The van der Waals surface area contributed by atoms with E-state index in [1.165, 1.54) is 64.5 Å². The van der Waals surface area contributed by atoms with Crippen molar-refractivity contribution in [3.05, 3.63) is 0 Å². The minimum Gasteiger partial charge on any atom is -0.329 e. The van der Waals surface area contributed by atoms with E-state index in [1.54, 1.807) is 0 Å². The van der Waals surface area contributed by atoms with Crippen molar-refractivity contribution in [2.45, 2.75) is 77.7 Å². The molecule has 2 nitrogen and oxygen atoms in total. The van der Waals surface area contributed by atoms with Crippen molar-refractivity contribution in [3.63, 3.8) is 0 Å². The molecule has 0 radical (unpaired) electrons. The van der Waals surface area contributed by atoms with E-state index in [0.717, 1.165) is 12.5 Å². The zero-order chi connectivity index (χ0) is 13.4. The first-order chi connectivity index (χ1) is 8.75. The highest BCUT2D eigenvalue weighted by Crippen LogP contribution is 2.42. The Balaban J connectivity index is 2.76. The molecule has 0 amide bonds. The molecule has 0 bridgehead atoms. The molecule has 1 aliphatic carbocycles. The summed E-state index contributed by atoms with van der Waals surface area (Å²) in [6.07, 6.45) is 10.6. The Labute approximate surface area is 114 Å². The molecule has 18 heavy (non-hydrogen) atoms. The largest absolute Gasteiger partial charge is 0.329 e. The molecule has 2 atom stereocenters. The summed E-state index contributed by atoms with van der Waals surface area (Å²) in [6.45, 7) is 10.3.